The summed E-state index contributed by atoms with van der Waals surface area (Å²) in [5.41, 5.74) is 3.06. The first-order chi connectivity index (χ1) is 10.5. The molecule has 1 N–H and O–H groups in total. The zero-order valence-electron chi connectivity index (χ0n) is 12.8. The third-order valence-corrected chi connectivity index (χ3v) is 3.74. The van der Waals surface area contributed by atoms with Crippen LogP contribution < -0.4 is 10.2 Å². The molecule has 118 valence electrons. The summed E-state index contributed by atoms with van der Waals surface area (Å²) in [6.45, 7) is 0.503. The maximum Gasteiger partial charge on any atom is 0.306 e. The molecular formula is C16H20N2O4. The van der Waals surface area contributed by atoms with Crippen LogP contribution in [0.25, 0.3) is 0 Å². The number of ether oxygens (including phenoxy) is 1. The maximum atomic E-state index is 11.6. The molecule has 6 nitrogen and oxygen atoms in total. The summed E-state index contributed by atoms with van der Waals surface area (Å²) >= 11 is 0. The first-order valence-electron chi connectivity index (χ1n) is 7.23. The molecule has 0 fully saturated rings. The fourth-order valence-electron chi connectivity index (χ4n) is 2.43. The number of carbonyl (C=O) groups excluding carboxylic acids is 3. The molecule has 0 saturated heterocycles. The molecule has 6 heteroatoms. The summed E-state index contributed by atoms with van der Waals surface area (Å²) in [6, 6.07) is 5.92. The number of anilines is 1. The van der Waals surface area contributed by atoms with Crippen molar-refractivity contribution in [2.45, 2.75) is 25.7 Å². The van der Waals surface area contributed by atoms with Gasteiger partial charge in [0, 0.05) is 25.7 Å². The Kier molecular flexibility index (Phi) is 5.14. The van der Waals surface area contributed by atoms with Crippen LogP contribution in [-0.2, 0) is 32.0 Å². The fraction of sp³-hybridized carbons (Fsp3) is 0.438. The van der Waals surface area contributed by atoms with Gasteiger partial charge in [0.2, 0.25) is 11.8 Å². The van der Waals surface area contributed by atoms with Gasteiger partial charge in [-0.1, -0.05) is 12.1 Å². The highest BCUT2D eigenvalue weighted by Crippen LogP contribution is 2.28. The van der Waals surface area contributed by atoms with Crippen LogP contribution in [-0.4, -0.2) is 38.5 Å². The lowest BCUT2D eigenvalue weighted by molar-refractivity contribution is -0.142. The lowest BCUT2D eigenvalue weighted by atomic mass is 10.1. The Balaban J connectivity index is 1.79. The highest BCUT2D eigenvalue weighted by molar-refractivity contribution is 6.00. The van der Waals surface area contributed by atoms with E-state index >= 15 is 0 Å². The summed E-state index contributed by atoms with van der Waals surface area (Å²) in [6.07, 6.45) is 1.35. The van der Waals surface area contributed by atoms with Crippen LogP contribution in [0.2, 0.25) is 0 Å². The minimum atomic E-state index is -0.387. The Hall–Kier alpha value is -2.37. The second-order valence-corrected chi connectivity index (χ2v) is 5.27. The summed E-state index contributed by atoms with van der Waals surface area (Å²) in [7, 11) is 3.08. The number of carbonyl (C=O) groups is 3. The second-order valence-electron chi connectivity index (χ2n) is 5.27. The Morgan fingerprint density at radius 2 is 2.09 bits per heavy atom. The maximum absolute atomic E-state index is 11.6. The van der Waals surface area contributed by atoms with Gasteiger partial charge in [-0.05, 0) is 23.6 Å². The van der Waals surface area contributed by atoms with E-state index in [0.29, 0.717) is 19.4 Å². The minimum Gasteiger partial charge on any atom is -0.469 e. The van der Waals surface area contributed by atoms with Gasteiger partial charge in [0.05, 0.1) is 20.0 Å². The predicted molar refractivity (Wildman–Crippen MR) is 81.5 cm³/mol. The van der Waals surface area contributed by atoms with Crippen molar-refractivity contribution in [3.63, 3.8) is 0 Å². The van der Waals surface area contributed by atoms with Crippen LogP contribution in [0, 0.1) is 0 Å². The first kappa shape index (κ1) is 16.0. The van der Waals surface area contributed by atoms with Crippen molar-refractivity contribution >= 4 is 23.5 Å². The molecule has 1 aliphatic heterocycles. The smallest absolute Gasteiger partial charge is 0.306 e. The number of methoxy groups -OCH3 is 1. The van der Waals surface area contributed by atoms with E-state index in [-0.39, 0.29) is 30.6 Å². The molecule has 0 aromatic heterocycles. The van der Waals surface area contributed by atoms with E-state index in [1.54, 1.807) is 11.9 Å². The van der Waals surface area contributed by atoms with E-state index in [9.17, 15) is 14.4 Å². The average Bonchev–Trinajstić information content (AvgIpc) is 2.79. The van der Waals surface area contributed by atoms with Gasteiger partial charge in [-0.3, -0.25) is 14.4 Å². The highest BCUT2D eigenvalue weighted by Gasteiger charge is 2.23. The van der Waals surface area contributed by atoms with Gasteiger partial charge in [-0.2, -0.15) is 0 Å². The number of benzene rings is 1. The number of nitrogens with one attached hydrogen (secondary N) is 1. The fourth-order valence-corrected chi connectivity index (χ4v) is 2.43. The molecule has 1 aromatic rings. The number of rotatable bonds is 6. The van der Waals surface area contributed by atoms with Crippen molar-refractivity contribution in [1.29, 1.82) is 0 Å². The van der Waals surface area contributed by atoms with Crippen molar-refractivity contribution in [1.82, 2.24) is 5.32 Å². The van der Waals surface area contributed by atoms with Crippen molar-refractivity contribution in [3.05, 3.63) is 29.3 Å². The van der Waals surface area contributed by atoms with E-state index < -0.39 is 0 Å². The van der Waals surface area contributed by atoms with Gasteiger partial charge < -0.3 is 15.0 Å². The van der Waals surface area contributed by atoms with Gasteiger partial charge in [0.1, 0.15) is 0 Å². The molecule has 0 bridgehead atoms. The van der Waals surface area contributed by atoms with E-state index in [1.165, 1.54) is 7.11 Å². The molecule has 0 atom stereocenters. The van der Waals surface area contributed by atoms with Crippen molar-refractivity contribution < 1.29 is 19.1 Å². The van der Waals surface area contributed by atoms with E-state index in [4.69, 9.17) is 0 Å². The van der Waals surface area contributed by atoms with Gasteiger partial charge in [0.25, 0.3) is 0 Å². The summed E-state index contributed by atoms with van der Waals surface area (Å²) in [5, 5.41) is 2.77. The van der Waals surface area contributed by atoms with Crippen LogP contribution in [0.15, 0.2) is 18.2 Å². The standard InChI is InChI=1S/C16H20N2O4/c1-18-13-4-3-11(9-12(13)10-15(18)20)7-8-17-14(19)5-6-16(21)22-2/h3-4,9H,5-8,10H2,1-2H3,(H,17,19). The first-order valence-corrected chi connectivity index (χ1v) is 7.23. The molecule has 2 amide bonds. The molecule has 1 heterocycles. The zero-order chi connectivity index (χ0) is 16.1. The number of fused-ring (bicyclic) bond motifs is 1. The molecule has 0 radical (unpaired) electrons. The normalized spacial score (nSPS) is 13.0. The Bertz CT molecular complexity index is 598. The predicted octanol–water partition coefficient (Wildman–Crippen LogP) is 0.817. The second kappa shape index (κ2) is 7.06. The van der Waals surface area contributed by atoms with Crippen LogP contribution in [0.3, 0.4) is 0 Å². The van der Waals surface area contributed by atoms with E-state index in [0.717, 1.165) is 16.8 Å². The Labute approximate surface area is 129 Å². The van der Waals surface area contributed by atoms with Crippen LogP contribution in [0.5, 0.6) is 0 Å². The molecule has 0 aliphatic carbocycles. The van der Waals surface area contributed by atoms with Crippen molar-refractivity contribution in [2.24, 2.45) is 0 Å². The Morgan fingerprint density at radius 3 is 2.82 bits per heavy atom. The molecule has 0 saturated carbocycles. The number of likely N-dealkylation sites (N-methyl/N-ethyl adjacent to an activating group) is 1. The van der Waals surface area contributed by atoms with Crippen molar-refractivity contribution in [2.75, 3.05) is 25.6 Å². The minimum absolute atomic E-state index is 0.0929. The number of nitrogens with zero attached hydrogens (tertiary/aromatic N) is 1. The molecule has 1 aromatic carbocycles. The third-order valence-electron chi connectivity index (χ3n) is 3.74. The largest absolute Gasteiger partial charge is 0.469 e. The quantitative estimate of drug-likeness (QED) is 0.789. The number of hydrogen-bond donors (Lipinski definition) is 1. The highest BCUT2D eigenvalue weighted by atomic mass is 16.5. The number of amides is 2. The van der Waals surface area contributed by atoms with Crippen LogP contribution in [0.4, 0.5) is 5.69 Å². The van der Waals surface area contributed by atoms with Gasteiger partial charge in [-0.15, -0.1) is 0 Å². The number of esters is 1. The third kappa shape index (κ3) is 3.84. The van der Waals surface area contributed by atoms with Gasteiger partial charge >= 0.3 is 5.97 Å². The van der Waals surface area contributed by atoms with Gasteiger partial charge in [-0.25, -0.2) is 0 Å². The van der Waals surface area contributed by atoms with E-state index in [2.05, 4.69) is 10.1 Å². The van der Waals surface area contributed by atoms with Crippen LogP contribution >= 0.6 is 0 Å². The topological polar surface area (TPSA) is 75.7 Å². The molecule has 2 rings (SSSR count). The SMILES string of the molecule is COC(=O)CCC(=O)NCCc1ccc2c(c1)CC(=O)N2C. The van der Waals surface area contributed by atoms with E-state index in [1.807, 2.05) is 18.2 Å². The summed E-state index contributed by atoms with van der Waals surface area (Å²) in [5.74, 6) is -0.452. The molecular weight excluding hydrogens is 284 g/mol. The Morgan fingerprint density at radius 1 is 1.32 bits per heavy atom. The van der Waals surface area contributed by atoms with Crippen LogP contribution in [0.1, 0.15) is 24.0 Å². The molecule has 1 aliphatic rings. The lowest BCUT2D eigenvalue weighted by Crippen LogP contribution is -2.26. The van der Waals surface area contributed by atoms with Gasteiger partial charge in [0.15, 0.2) is 0 Å². The van der Waals surface area contributed by atoms with Crippen molar-refractivity contribution in [3.8, 4) is 0 Å². The lowest BCUT2D eigenvalue weighted by Gasteiger charge is -2.10. The summed E-state index contributed by atoms with van der Waals surface area (Å²) in [4.78, 5) is 35.8. The molecule has 0 unspecified atom stereocenters. The zero-order valence-corrected chi connectivity index (χ0v) is 12.8. The average molecular weight is 304 g/mol. The molecule has 22 heavy (non-hydrogen) atoms. The monoisotopic (exact) mass is 304 g/mol. The molecule has 0 spiro atoms. The number of hydrogen-bond acceptors (Lipinski definition) is 4. The summed E-state index contributed by atoms with van der Waals surface area (Å²) < 4.78 is 4.48.